The normalized spacial score (nSPS) is 42.8. The predicted octanol–water partition coefficient (Wildman–Crippen LogP) is 8.37. The summed E-state index contributed by atoms with van der Waals surface area (Å²) >= 11 is 0. The fourth-order valence-corrected chi connectivity index (χ4v) is 8.90. The van der Waals surface area contributed by atoms with Crippen molar-refractivity contribution in [2.45, 2.75) is 98.3 Å². The van der Waals surface area contributed by atoms with Gasteiger partial charge in [-0.1, -0.05) is 82.0 Å². The summed E-state index contributed by atoms with van der Waals surface area (Å²) in [5.41, 5.74) is 7.11. The third-order valence-electron chi connectivity index (χ3n) is 10.8. The molecule has 0 N–H and O–H groups in total. The van der Waals surface area contributed by atoms with Crippen LogP contribution in [0.1, 0.15) is 97.5 Å². The lowest BCUT2D eigenvalue weighted by atomic mass is 9.43. The lowest BCUT2D eigenvalue weighted by Crippen LogP contribution is -2.51. The van der Waals surface area contributed by atoms with Gasteiger partial charge in [0.15, 0.2) is 0 Å². The zero-order valence-corrected chi connectivity index (χ0v) is 19.4. The van der Waals surface area contributed by atoms with Crippen LogP contribution in [-0.4, -0.2) is 0 Å². The Balaban J connectivity index is 1.44. The second-order valence-electron chi connectivity index (χ2n) is 12.0. The molecule has 0 bridgehead atoms. The Morgan fingerprint density at radius 3 is 2.45 bits per heavy atom. The van der Waals surface area contributed by atoms with Gasteiger partial charge in [-0.05, 0) is 97.3 Å². The van der Waals surface area contributed by atoms with Gasteiger partial charge in [0, 0.05) is 0 Å². The van der Waals surface area contributed by atoms with E-state index in [1.54, 1.807) is 0 Å². The van der Waals surface area contributed by atoms with Gasteiger partial charge < -0.3 is 0 Å². The van der Waals surface area contributed by atoms with Gasteiger partial charge in [0.05, 0.1) is 0 Å². The molecule has 158 valence electrons. The smallest absolute Gasteiger partial charge is 0.00824 e. The lowest BCUT2D eigenvalue weighted by molar-refractivity contribution is -0.0627. The minimum absolute atomic E-state index is 0.485. The van der Waals surface area contributed by atoms with E-state index in [-0.39, 0.29) is 0 Å². The van der Waals surface area contributed by atoms with Crippen molar-refractivity contribution in [3.8, 4) is 0 Å². The minimum atomic E-state index is 0.485. The van der Waals surface area contributed by atoms with Crippen LogP contribution in [0.5, 0.6) is 0 Å². The van der Waals surface area contributed by atoms with E-state index in [4.69, 9.17) is 0 Å². The minimum Gasteiger partial charge on any atom is -0.0668 e. The molecule has 0 amide bonds. The molecule has 0 radical (unpaired) electrons. The third-order valence-corrected chi connectivity index (χ3v) is 10.8. The molecule has 0 aliphatic heterocycles. The standard InChI is InChI=1S/C29H42/c1-21(20-22-10-6-5-7-11-22)24-12-13-25-23-14-18-27(2)16-8-9-17-29(27,4)26(23)15-19-28(24,25)3/h5-7,10-11,21,24,26H,8-9,12-20H2,1-4H3/t21-,24-,26+,27+,28-,29-/m1/s1. The van der Waals surface area contributed by atoms with Crippen molar-refractivity contribution >= 4 is 0 Å². The van der Waals surface area contributed by atoms with Crippen molar-refractivity contribution in [3.05, 3.63) is 47.0 Å². The van der Waals surface area contributed by atoms with Crippen molar-refractivity contribution in [1.29, 1.82) is 0 Å². The van der Waals surface area contributed by atoms with E-state index in [2.05, 4.69) is 58.0 Å². The maximum atomic E-state index is 2.70. The summed E-state index contributed by atoms with van der Waals surface area (Å²) < 4.78 is 0. The van der Waals surface area contributed by atoms with E-state index < -0.39 is 0 Å². The number of hydrogen-bond acceptors (Lipinski definition) is 0. The van der Waals surface area contributed by atoms with E-state index in [0.29, 0.717) is 16.2 Å². The molecule has 1 aromatic carbocycles. The van der Waals surface area contributed by atoms with Crippen LogP contribution in [-0.2, 0) is 6.42 Å². The van der Waals surface area contributed by atoms with Crippen LogP contribution in [0.15, 0.2) is 41.5 Å². The fraction of sp³-hybridized carbons (Fsp3) is 0.724. The molecule has 0 heteroatoms. The highest BCUT2D eigenvalue weighted by atomic mass is 14.6. The van der Waals surface area contributed by atoms with Crippen molar-refractivity contribution in [2.24, 2.45) is 34.0 Å². The van der Waals surface area contributed by atoms with Crippen molar-refractivity contribution in [2.75, 3.05) is 0 Å². The second kappa shape index (κ2) is 7.00. The van der Waals surface area contributed by atoms with Crippen molar-refractivity contribution in [3.63, 3.8) is 0 Å². The van der Waals surface area contributed by atoms with Gasteiger partial charge in [-0.25, -0.2) is 0 Å². The molecular weight excluding hydrogens is 348 g/mol. The SMILES string of the molecule is C[C@H](Cc1ccccc1)[C@H]1CCC2=C3CC[C@]4(C)CCCC[C@]4(C)[C@H]3CC[C@@]21C. The highest BCUT2D eigenvalue weighted by Crippen LogP contribution is 2.69. The van der Waals surface area contributed by atoms with Gasteiger partial charge in [0.2, 0.25) is 0 Å². The number of benzene rings is 1. The molecule has 6 atom stereocenters. The Morgan fingerprint density at radius 2 is 1.66 bits per heavy atom. The molecular formula is C29H42. The van der Waals surface area contributed by atoms with E-state index in [9.17, 15) is 0 Å². The zero-order valence-electron chi connectivity index (χ0n) is 19.4. The number of fused-ring (bicyclic) bond motifs is 4. The van der Waals surface area contributed by atoms with E-state index in [0.717, 1.165) is 17.8 Å². The Bertz CT molecular complexity index is 788. The van der Waals surface area contributed by atoms with Gasteiger partial charge in [-0.15, -0.1) is 0 Å². The maximum Gasteiger partial charge on any atom is -0.00824 e. The van der Waals surface area contributed by atoms with Crippen LogP contribution in [0.4, 0.5) is 0 Å². The third kappa shape index (κ3) is 2.91. The summed E-state index contributed by atoms with van der Waals surface area (Å²) in [6.45, 7) is 10.6. The average Bonchev–Trinajstić information content (AvgIpc) is 3.06. The van der Waals surface area contributed by atoms with Crippen molar-refractivity contribution < 1.29 is 0 Å². The first kappa shape index (κ1) is 19.9. The van der Waals surface area contributed by atoms with Crippen LogP contribution in [0.25, 0.3) is 0 Å². The summed E-state index contributed by atoms with van der Waals surface area (Å²) in [7, 11) is 0. The van der Waals surface area contributed by atoms with Crippen LogP contribution >= 0.6 is 0 Å². The first-order valence-corrected chi connectivity index (χ1v) is 12.6. The Morgan fingerprint density at radius 1 is 0.897 bits per heavy atom. The molecule has 4 aliphatic rings. The van der Waals surface area contributed by atoms with Gasteiger partial charge in [0.1, 0.15) is 0 Å². The Hall–Kier alpha value is -1.04. The molecule has 3 saturated carbocycles. The van der Waals surface area contributed by atoms with Gasteiger partial charge in [-0.3, -0.25) is 0 Å². The van der Waals surface area contributed by atoms with Gasteiger partial charge >= 0.3 is 0 Å². The molecule has 0 aromatic heterocycles. The van der Waals surface area contributed by atoms with Crippen molar-refractivity contribution in [1.82, 2.24) is 0 Å². The van der Waals surface area contributed by atoms with Crippen LogP contribution in [0.3, 0.4) is 0 Å². The fourth-order valence-electron chi connectivity index (χ4n) is 8.90. The van der Waals surface area contributed by atoms with Gasteiger partial charge in [-0.2, -0.15) is 0 Å². The van der Waals surface area contributed by atoms with E-state index >= 15 is 0 Å². The molecule has 0 unspecified atom stereocenters. The Labute approximate surface area is 179 Å². The maximum absolute atomic E-state index is 2.70. The molecule has 0 spiro atoms. The van der Waals surface area contributed by atoms with E-state index in [1.807, 2.05) is 11.1 Å². The molecule has 5 rings (SSSR count). The number of allylic oxidation sites excluding steroid dienone is 2. The second-order valence-corrected chi connectivity index (χ2v) is 12.0. The largest absolute Gasteiger partial charge is 0.0668 e. The van der Waals surface area contributed by atoms with Crippen LogP contribution in [0.2, 0.25) is 0 Å². The topological polar surface area (TPSA) is 0 Å². The van der Waals surface area contributed by atoms with Gasteiger partial charge in [0.25, 0.3) is 0 Å². The molecule has 29 heavy (non-hydrogen) atoms. The molecule has 0 saturated heterocycles. The number of hydrogen-bond donors (Lipinski definition) is 0. The molecule has 3 fully saturated rings. The first-order chi connectivity index (χ1) is 13.9. The average molecular weight is 391 g/mol. The summed E-state index contributed by atoms with van der Waals surface area (Å²) in [6, 6.07) is 11.2. The Kier molecular flexibility index (Phi) is 4.80. The molecule has 0 heterocycles. The first-order valence-electron chi connectivity index (χ1n) is 12.6. The quantitative estimate of drug-likeness (QED) is 0.455. The highest BCUT2D eigenvalue weighted by Gasteiger charge is 2.58. The molecule has 0 nitrogen and oxygen atoms in total. The van der Waals surface area contributed by atoms with Crippen LogP contribution in [0, 0.1) is 34.0 Å². The monoisotopic (exact) mass is 390 g/mol. The summed E-state index contributed by atoms with van der Waals surface area (Å²) in [6.07, 6.45) is 15.8. The molecule has 4 aliphatic carbocycles. The summed E-state index contributed by atoms with van der Waals surface area (Å²) in [4.78, 5) is 0. The predicted molar refractivity (Wildman–Crippen MR) is 124 cm³/mol. The molecule has 1 aromatic rings. The lowest BCUT2D eigenvalue weighted by Gasteiger charge is -2.61. The highest BCUT2D eigenvalue weighted by molar-refractivity contribution is 5.35. The number of rotatable bonds is 3. The summed E-state index contributed by atoms with van der Waals surface area (Å²) in [5, 5.41) is 0. The van der Waals surface area contributed by atoms with Crippen LogP contribution < -0.4 is 0 Å². The summed E-state index contributed by atoms with van der Waals surface area (Å²) in [5.74, 6) is 2.56. The van der Waals surface area contributed by atoms with E-state index in [1.165, 1.54) is 76.2 Å². The zero-order chi connectivity index (χ0) is 20.3.